The van der Waals surface area contributed by atoms with Crippen LogP contribution in [0.1, 0.15) is 103 Å². The highest BCUT2D eigenvalue weighted by atomic mass is 16.9. The molecule has 1 aromatic rings. The third-order valence-corrected chi connectivity index (χ3v) is 7.39. The molecule has 1 heterocycles. The maximum Gasteiger partial charge on any atom is 0.294 e. The molecule has 1 aliphatic heterocycles. The molecule has 0 amide bonds. The molecule has 32 heavy (non-hydrogen) atoms. The summed E-state index contributed by atoms with van der Waals surface area (Å²) in [5, 5.41) is 20.5. The van der Waals surface area contributed by atoms with Gasteiger partial charge in [0.1, 0.15) is 17.1 Å². The lowest BCUT2D eigenvalue weighted by atomic mass is 9.67. The van der Waals surface area contributed by atoms with Crippen molar-refractivity contribution in [1.29, 1.82) is 0 Å². The van der Waals surface area contributed by atoms with Gasteiger partial charge in [0.2, 0.25) is 0 Å². The third-order valence-electron chi connectivity index (χ3n) is 7.39. The summed E-state index contributed by atoms with van der Waals surface area (Å²) >= 11 is 0. The quantitative estimate of drug-likeness (QED) is 0.185. The summed E-state index contributed by atoms with van der Waals surface area (Å²) in [6, 6.07) is 4.10. The van der Waals surface area contributed by atoms with E-state index >= 15 is 0 Å². The molecule has 0 fully saturated rings. The predicted molar refractivity (Wildman–Crippen MR) is 126 cm³/mol. The van der Waals surface area contributed by atoms with Crippen LogP contribution in [0.5, 0.6) is 11.5 Å². The first-order valence-corrected chi connectivity index (χ1v) is 12.0. The van der Waals surface area contributed by atoms with Gasteiger partial charge in [-0.2, -0.15) is 0 Å². The number of hydrogen-bond donors (Lipinski definition) is 1. The van der Waals surface area contributed by atoms with Crippen LogP contribution in [0, 0.1) is 16.0 Å². The maximum absolute atomic E-state index is 11.1. The van der Waals surface area contributed by atoms with Crippen LogP contribution in [0.4, 0.5) is 0 Å². The van der Waals surface area contributed by atoms with Gasteiger partial charge < -0.3 is 14.7 Å². The van der Waals surface area contributed by atoms with E-state index in [2.05, 4.69) is 51.6 Å². The molecular formula is C26H39NO5. The van der Waals surface area contributed by atoms with Crippen molar-refractivity contribution in [2.24, 2.45) is 5.92 Å². The lowest BCUT2D eigenvalue weighted by molar-refractivity contribution is -0.757. The third kappa shape index (κ3) is 5.57. The van der Waals surface area contributed by atoms with Crippen molar-refractivity contribution in [1.82, 2.24) is 0 Å². The van der Waals surface area contributed by atoms with Crippen LogP contribution < -0.4 is 4.74 Å². The van der Waals surface area contributed by atoms with Crippen LogP contribution in [0.3, 0.4) is 0 Å². The summed E-state index contributed by atoms with van der Waals surface area (Å²) in [6.45, 7) is 11.2. The Morgan fingerprint density at radius 3 is 2.62 bits per heavy atom. The summed E-state index contributed by atoms with van der Waals surface area (Å²) < 4.78 is 6.49. The fourth-order valence-electron chi connectivity index (χ4n) is 5.40. The Morgan fingerprint density at radius 2 is 1.91 bits per heavy atom. The zero-order valence-corrected chi connectivity index (χ0v) is 20.3. The van der Waals surface area contributed by atoms with Crippen molar-refractivity contribution in [2.45, 2.75) is 103 Å². The Bertz CT molecular complexity index is 858. The Balaban J connectivity index is 1.66. The molecular weight excluding hydrogens is 406 g/mol. The van der Waals surface area contributed by atoms with Gasteiger partial charge in [-0.15, -0.1) is 10.1 Å². The number of phenols is 1. The van der Waals surface area contributed by atoms with E-state index in [1.807, 2.05) is 6.07 Å². The Kier molecular flexibility index (Phi) is 7.41. The van der Waals surface area contributed by atoms with E-state index in [0.717, 1.165) is 61.8 Å². The van der Waals surface area contributed by atoms with Crippen molar-refractivity contribution in [3.63, 3.8) is 0 Å². The molecule has 0 bridgehead atoms. The lowest BCUT2D eigenvalue weighted by Crippen LogP contribution is -2.45. The molecule has 0 saturated carbocycles. The fourth-order valence-corrected chi connectivity index (χ4v) is 5.40. The van der Waals surface area contributed by atoms with E-state index in [9.17, 15) is 15.2 Å². The van der Waals surface area contributed by atoms with Gasteiger partial charge in [-0.25, -0.2) is 0 Å². The molecule has 2 atom stereocenters. The van der Waals surface area contributed by atoms with Crippen LogP contribution in [0.15, 0.2) is 23.8 Å². The minimum Gasteiger partial charge on any atom is -0.507 e. The first kappa shape index (κ1) is 24.4. The lowest BCUT2D eigenvalue weighted by Gasteiger charge is -2.46. The molecule has 0 radical (unpaired) electrons. The second-order valence-corrected chi connectivity index (χ2v) is 10.8. The molecule has 6 nitrogen and oxygen atoms in total. The molecule has 0 aromatic heterocycles. The molecule has 1 aliphatic carbocycles. The number of hydrogen-bond acceptors (Lipinski definition) is 5. The van der Waals surface area contributed by atoms with Gasteiger partial charge >= 0.3 is 0 Å². The standard InChI is InChI=1S/C26H39NO5/c1-18-11-12-21-20(15-18)24-22(28)16-19(17-23(24)32-26(21,4)5)25(2,3)13-9-7-6-8-10-14-31-27(29)30/h15-17,20-21,28H,6-14H2,1-5H3/t20-,21-/m1/s1. The van der Waals surface area contributed by atoms with Crippen molar-refractivity contribution in [3.05, 3.63) is 45.0 Å². The minimum absolute atomic E-state index is 0.0795. The largest absolute Gasteiger partial charge is 0.507 e. The minimum atomic E-state index is -0.729. The highest BCUT2D eigenvalue weighted by Crippen LogP contribution is 2.54. The normalized spacial score (nSPS) is 21.7. The Hall–Kier alpha value is -2.24. The number of allylic oxidation sites excluding steroid dienone is 2. The number of rotatable bonds is 10. The molecule has 178 valence electrons. The van der Waals surface area contributed by atoms with E-state index in [4.69, 9.17) is 4.74 Å². The van der Waals surface area contributed by atoms with Crippen LogP contribution in [-0.4, -0.2) is 22.4 Å². The Labute approximate surface area is 192 Å². The molecule has 0 spiro atoms. The van der Waals surface area contributed by atoms with Gasteiger partial charge in [0, 0.05) is 17.4 Å². The summed E-state index contributed by atoms with van der Waals surface area (Å²) in [6.07, 6.45) is 10.4. The predicted octanol–water partition coefficient (Wildman–Crippen LogP) is 6.83. The van der Waals surface area contributed by atoms with Gasteiger partial charge in [0.15, 0.2) is 0 Å². The topological polar surface area (TPSA) is 81.8 Å². The fraction of sp³-hybridized carbons (Fsp3) is 0.692. The number of unbranched alkanes of at least 4 members (excludes halogenated alkanes) is 4. The molecule has 0 saturated heterocycles. The summed E-state index contributed by atoms with van der Waals surface area (Å²) in [4.78, 5) is 14.5. The van der Waals surface area contributed by atoms with E-state index in [0.29, 0.717) is 18.1 Å². The zero-order chi connectivity index (χ0) is 23.5. The summed E-state index contributed by atoms with van der Waals surface area (Å²) in [5.74, 6) is 1.77. The second kappa shape index (κ2) is 9.72. The van der Waals surface area contributed by atoms with Crippen molar-refractivity contribution in [3.8, 4) is 11.5 Å². The van der Waals surface area contributed by atoms with Crippen LogP contribution in [0.2, 0.25) is 0 Å². The molecule has 3 rings (SSSR count). The van der Waals surface area contributed by atoms with Gasteiger partial charge in [-0.05, 0) is 69.6 Å². The van der Waals surface area contributed by atoms with E-state index in [1.54, 1.807) is 0 Å². The number of ether oxygens (including phenoxy) is 1. The summed E-state index contributed by atoms with van der Waals surface area (Å²) in [5.41, 5.74) is 3.11. The first-order chi connectivity index (χ1) is 15.0. The molecule has 1 aromatic carbocycles. The van der Waals surface area contributed by atoms with Gasteiger partial charge in [0.05, 0.1) is 6.61 Å². The molecule has 0 unspecified atom stereocenters. The highest BCUT2D eigenvalue weighted by Gasteiger charge is 2.45. The second-order valence-electron chi connectivity index (χ2n) is 10.8. The Morgan fingerprint density at radius 1 is 1.22 bits per heavy atom. The average molecular weight is 446 g/mol. The van der Waals surface area contributed by atoms with Crippen LogP contribution >= 0.6 is 0 Å². The average Bonchev–Trinajstić information content (AvgIpc) is 2.68. The van der Waals surface area contributed by atoms with Gasteiger partial charge in [0.25, 0.3) is 5.09 Å². The smallest absolute Gasteiger partial charge is 0.294 e. The number of benzene rings is 1. The molecule has 6 heteroatoms. The van der Waals surface area contributed by atoms with Crippen LogP contribution in [0.25, 0.3) is 0 Å². The maximum atomic E-state index is 11.1. The highest BCUT2D eigenvalue weighted by molar-refractivity contribution is 5.55. The van der Waals surface area contributed by atoms with E-state index < -0.39 is 5.09 Å². The summed E-state index contributed by atoms with van der Waals surface area (Å²) in [7, 11) is 0. The van der Waals surface area contributed by atoms with Gasteiger partial charge in [-0.1, -0.05) is 51.2 Å². The number of nitrogens with zero attached hydrogens (tertiary/aromatic N) is 1. The van der Waals surface area contributed by atoms with Crippen molar-refractivity contribution >= 4 is 0 Å². The SMILES string of the molecule is CC1=C[C@H]2c3c(O)cc(C(C)(C)CCCCCCCO[N+](=O)[O-])cc3OC(C)(C)[C@@H]2CC1. The number of fused-ring (bicyclic) bond motifs is 3. The molecule has 1 N–H and O–H groups in total. The van der Waals surface area contributed by atoms with Crippen molar-refractivity contribution in [2.75, 3.05) is 6.61 Å². The zero-order valence-electron chi connectivity index (χ0n) is 20.3. The van der Waals surface area contributed by atoms with Crippen molar-refractivity contribution < 1.29 is 19.8 Å². The monoisotopic (exact) mass is 445 g/mol. The number of phenolic OH excluding ortho intramolecular Hbond substituents is 1. The molecule has 2 aliphatic rings. The first-order valence-electron chi connectivity index (χ1n) is 12.0. The van der Waals surface area contributed by atoms with E-state index in [1.165, 1.54) is 5.57 Å². The van der Waals surface area contributed by atoms with Gasteiger partial charge in [-0.3, -0.25) is 0 Å². The number of aromatic hydroxyl groups is 1. The van der Waals surface area contributed by atoms with Crippen LogP contribution in [-0.2, 0) is 10.3 Å². The van der Waals surface area contributed by atoms with E-state index in [-0.39, 0.29) is 23.5 Å².